The van der Waals surface area contributed by atoms with Gasteiger partial charge >= 0.3 is 6.03 Å². The first-order chi connectivity index (χ1) is 16.4. The second kappa shape index (κ2) is 8.58. The van der Waals surface area contributed by atoms with Gasteiger partial charge in [0.1, 0.15) is 11.4 Å². The zero-order valence-corrected chi connectivity index (χ0v) is 18.8. The number of para-hydroxylation sites is 2. The molecule has 2 heterocycles. The van der Waals surface area contributed by atoms with E-state index in [9.17, 15) is 14.7 Å². The molecule has 0 spiro atoms. The van der Waals surface area contributed by atoms with Crippen molar-refractivity contribution in [1.82, 2.24) is 25.1 Å². The number of hydrogen-bond donors (Lipinski definition) is 3. The van der Waals surface area contributed by atoms with Gasteiger partial charge in [0, 0.05) is 23.2 Å². The number of nitrogens with zero attached hydrogens (tertiary/aromatic N) is 4. The standard InChI is InChI=1S/C25H24N6O3/c1-14(2)27-25(34)31-22(15-7-8-15)12-20(30-31)17-11-16(9-10-23(17)32)28-24(33)21-13-26-18-5-3-4-6-19(18)29-21/h3-6,9-15,32H,7-8H2,1-2H3,(H,27,34)(H,28,33). The second-order valence-electron chi connectivity index (χ2n) is 8.67. The van der Waals surface area contributed by atoms with Gasteiger partial charge in [-0.1, -0.05) is 12.1 Å². The molecular formula is C25H24N6O3. The largest absolute Gasteiger partial charge is 0.507 e. The molecule has 5 rings (SSSR count). The molecule has 1 saturated carbocycles. The molecule has 0 radical (unpaired) electrons. The fourth-order valence-corrected chi connectivity index (χ4v) is 3.75. The van der Waals surface area contributed by atoms with E-state index in [4.69, 9.17) is 0 Å². The van der Waals surface area contributed by atoms with Gasteiger partial charge in [-0.05, 0) is 63.1 Å². The summed E-state index contributed by atoms with van der Waals surface area (Å²) in [5, 5.41) is 20.6. The molecular weight excluding hydrogens is 432 g/mol. The molecule has 1 aliphatic carbocycles. The average Bonchev–Trinajstić information content (AvgIpc) is 3.57. The van der Waals surface area contributed by atoms with E-state index in [1.54, 1.807) is 18.2 Å². The molecule has 0 atom stereocenters. The van der Waals surface area contributed by atoms with E-state index in [2.05, 4.69) is 25.7 Å². The van der Waals surface area contributed by atoms with Gasteiger partial charge in [0.15, 0.2) is 0 Å². The van der Waals surface area contributed by atoms with E-state index < -0.39 is 5.91 Å². The van der Waals surface area contributed by atoms with Crippen molar-refractivity contribution >= 4 is 28.7 Å². The minimum absolute atomic E-state index is 0.000222. The predicted molar refractivity (Wildman–Crippen MR) is 128 cm³/mol. The average molecular weight is 457 g/mol. The van der Waals surface area contributed by atoms with Crippen LogP contribution in [-0.2, 0) is 0 Å². The number of nitrogens with one attached hydrogen (secondary N) is 2. The Morgan fingerprint density at radius 2 is 1.85 bits per heavy atom. The maximum atomic E-state index is 12.8. The van der Waals surface area contributed by atoms with Gasteiger partial charge in [-0.15, -0.1) is 0 Å². The van der Waals surface area contributed by atoms with Crippen molar-refractivity contribution in [1.29, 1.82) is 0 Å². The Bertz CT molecular complexity index is 1410. The molecule has 34 heavy (non-hydrogen) atoms. The van der Waals surface area contributed by atoms with Crippen molar-refractivity contribution < 1.29 is 14.7 Å². The van der Waals surface area contributed by atoms with E-state index in [1.807, 2.05) is 38.1 Å². The van der Waals surface area contributed by atoms with E-state index >= 15 is 0 Å². The van der Waals surface area contributed by atoms with Crippen LogP contribution < -0.4 is 10.6 Å². The Balaban J connectivity index is 1.43. The maximum absolute atomic E-state index is 12.8. The van der Waals surface area contributed by atoms with Crippen LogP contribution in [0.3, 0.4) is 0 Å². The van der Waals surface area contributed by atoms with E-state index in [-0.39, 0.29) is 29.4 Å². The summed E-state index contributed by atoms with van der Waals surface area (Å²) in [5.41, 5.74) is 3.66. The highest BCUT2D eigenvalue weighted by atomic mass is 16.3. The van der Waals surface area contributed by atoms with Crippen LogP contribution in [0.25, 0.3) is 22.3 Å². The topological polar surface area (TPSA) is 122 Å². The second-order valence-corrected chi connectivity index (χ2v) is 8.67. The molecule has 0 unspecified atom stereocenters. The van der Waals surface area contributed by atoms with Crippen molar-refractivity contribution in [2.75, 3.05) is 5.32 Å². The SMILES string of the molecule is CC(C)NC(=O)n1nc(-c2cc(NC(=O)c3cnc4ccccc4n3)ccc2O)cc1C1CC1. The number of fused-ring (bicyclic) bond motifs is 1. The summed E-state index contributed by atoms with van der Waals surface area (Å²) >= 11 is 0. The zero-order chi connectivity index (χ0) is 23.8. The number of anilines is 1. The number of benzene rings is 2. The predicted octanol–water partition coefficient (Wildman–Crippen LogP) is 4.29. The molecule has 1 aliphatic rings. The molecule has 0 aliphatic heterocycles. The Kier molecular flexibility index (Phi) is 5.45. The first-order valence-corrected chi connectivity index (χ1v) is 11.2. The molecule has 3 N–H and O–H groups in total. The molecule has 4 aromatic rings. The van der Waals surface area contributed by atoms with Crippen LogP contribution in [0.2, 0.25) is 0 Å². The maximum Gasteiger partial charge on any atom is 0.342 e. The van der Waals surface area contributed by atoms with Crippen molar-refractivity contribution in [3.8, 4) is 17.0 Å². The highest BCUT2D eigenvalue weighted by molar-refractivity contribution is 6.04. The van der Waals surface area contributed by atoms with Gasteiger partial charge in [-0.3, -0.25) is 9.78 Å². The number of carbonyl (C=O) groups excluding carboxylic acids is 2. The van der Waals surface area contributed by atoms with Crippen LogP contribution in [0.15, 0.2) is 54.7 Å². The third-order valence-corrected chi connectivity index (χ3v) is 5.55. The van der Waals surface area contributed by atoms with Gasteiger partial charge in [0.05, 0.1) is 28.6 Å². The first kappa shape index (κ1) is 21.6. The summed E-state index contributed by atoms with van der Waals surface area (Å²) in [4.78, 5) is 34.1. The minimum atomic E-state index is -0.421. The van der Waals surface area contributed by atoms with Crippen molar-refractivity contribution in [2.45, 2.75) is 38.6 Å². The van der Waals surface area contributed by atoms with Crippen LogP contribution in [0, 0.1) is 0 Å². The van der Waals surface area contributed by atoms with Gasteiger partial charge in [-0.2, -0.15) is 9.78 Å². The highest BCUT2D eigenvalue weighted by Crippen LogP contribution is 2.42. The minimum Gasteiger partial charge on any atom is -0.507 e. The van der Waals surface area contributed by atoms with Gasteiger partial charge in [-0.25, -0.2) is 9.78 Å². The molecule has 0 saturated heterocycles. The Hall–Kier alpha value is -4.27. The molecule has 1 fully saturated rings. The molecule has 2 aromatic carbocycles. The summed E-state index contributed by atoms with van der Waals surface area (Å²) in [5.74, 6) is -0.147. The quantitative estimate of drug-likeness (QED) is 0.385. The Labute approximate surface area is 195 Å². The van der Waals surface area contributed by atoms with E-state index in [0.717, 1.165) is 18.5 Å². The van der Waals surface area contributed by atoms with Crippen LogP contribution in [0.1, 0.15) is 48.8 Å². The smallest absolute Gasteiger partial charge is 0.342 e. The van der Waals surface area contributed by atoms with Crippen LogP contribution in [0.4, 0.5) is 10.5 Å². The Morgan fingerprint density at radius 1 is 1.09 bits per heavy atom. The van der Waals surface area contributed by atoms with Gasteiger partial charge in [0.25, 0.3) is 5.91 Å². The van der Waals surface area contributed by atoms with Crippen molar-refractivity contribution in [2.24, 2.45) is 0 Å². The lowest BCUT2D eigenvalue weighted by Crippen LogP contribution is -2.35. The number of aromatic hydroxyl groups is 1. The lowest BCUT2D eigenvalue weighted by Gasteiger charge is -2.10. The number of rotatable bonds is 5. The normalized spacial score (nSPS) is 13.3. The summed E-state index contributed by atoms with van der Waals surface area (Å²) in [6.07, 6.45) is 3.42. The molecule has 2 aromatic heterocycles. The lowest BCUT2D eigenvalue weighted by molar-refractivity contribution is 0.102. The zero-order valence-electron chi connectivity index (χ0n) is 18.8. The fourth-order valence-electron chi connectivity index (χ4n) is 3.75. The van der Waals surface area contributed by atoms with Crippen LogP contribution in [-0.4, -0.2) is 42.8 Å². The number of aromatic nitrogens is 4. The molecule has 9 heteroatoms. The third-order valence-electron chi connectivity index (χ3n) is 5.55. The van der Waals surface area contributed by atoms with Gasteiger partial charge < -0.3 is 15.7 Å². The Morgan fingerprint density at radius 3 is 2.59 bits per heavy atom. The molecule has 2 amide bonds. The lowest BCUT2D eigenvalue weighted by atomic mass is 10.1. The first-order valence-electron chi connectivity index (χ1n) is 11.2. The molecule has 172 valence electrons. The number of hydrogen-bond acceptors (Lipinski definition) is 6. The van der Waals surface area contributed by atoms with Crippen molar-refractivity contribution in [3.05, 3.63) is 66.1 Å². The number of phenolic OH excluding ortho intramolecular Hbond substituents is 1. The number of amides is 2. The third kappa shape index (κ3) is 4.32. The van der Waals surface area contributed by atoms with E-state index in [0.29, 0.717) is 28.0 Å². The highest BCUT2D eigenvalue weighted by Gasteiger charge is 2.31. The van der Waals surface area contributed by atoms with Gasteiger partial charge in [0.2, 0.25) is 0 Å². The monoisotopic (exact) mass is 456 g/mol. The van der Waals surface area contributed by atoms with Crippen LogP contribution in [0.5, 0.6) is 5.75 Å². The summed E-state index contributed by atoms with van der Waals surface area (Å²) < 4.78 is 1.38. The summed E-state index contributed by atoms with van der Waals surface area (Å²) in [7, 11) is 0. The fraction of sp³-hybridized carbons (Fsp3) is 0.240. The molecule has 9 nitrogen and oxygen atoms in total. The number of phenols is 1. The summed E-state index contributed by atoms with van der Waals surface area (Å²) in [6, 6.07) is 13.5. The van der Waals surface area contributed by atoms with E-state index in [1.165, 1.54) is 16.9 Å². The van der Waals surface area contributed by atoms with Crippen LogP contribution >= 0.6 is 0 Å². The number of carbonyl (C=O) groups is 2. The molecule has 0 bridgehead atoms. The van der Waals surface area contributed by atoms with Crippen molar-refractivity contribution in [3.63, 3.8) is 0 Å². The summed E-state index contributed by atoms with van der Waals surface area (Å²) in [6.45, 7) is 3.77.